The van der Waals surface area contributed by atoms with Crippen LogP contribution < -0.4 is 0 Å². The van der Waals surface area contributed by atoms with Gasteiger partial charge in [-0.3, -0.25) is 0 Å². The smallest absolute Gasteiger partial charge is 0.0836 e. The molecule has 1 fully saturated rings. The van der Waals surface area contributed by atoms with Gasteiger partial charge in [0.2, 0.25) is 0 Å². The average molecular weight is 214 g/mol. The van der Waals surface area contributed by atoms with E-state index in [1.165, 1.54) is 0 Å². The molecule has 82 valence electrons. The van der Waals surface area contributed by atoms with Crippen molar-refractivity contribution in [1.29, 1.82) is 0 Å². The molecule has 0 spiro atoms. The number of nitrogens with zero attached hydrogens (tertiary/aromatic N) is 1. The first-order valence-electron chi connectivity index (χ1n) is 6.13. The fourth-order valence-electron chi connectivity index (χ4n) is 1.67. The fraction of sp³-hybridized carbons (Fsp3) is 0.917. The summed E-state index contributed by atoms with van der Waals surface area (Å²) in [4.78, 5) is 3.08. The topological polar surface area (TPSA) is 3.24 Å². The maximum absolute atomic E-state index is 8.37. The largest absolute Gasteiger partial charge is 0.363 e. The first-order chi connectivity index (χ1) is 6.81. The van der Waals surface area contributed by atoms with Crippen molar-refractivity contribution in [3.63, 3.8) is 0 Å². The molecule has 1 nitrogen and oxygen atoms in total. The van der Waals surface area contributed by atoms with Crippen LogP contribution in [0.15, 0.2) is 0 Å². The van der Waals surface area contributed by atoms with Crippen molar-refractivity contribution in [3.05, 3.63) is 0 Å². The lowest BCUT2D eigenvalue weighted by Crippen LogP contribution is -2.53. The molecular formula is C12H23NS. The summed E-state index contributed by atoms with van der Waals surface area (Å²) in [7, 11) is 0. The highest BCUT2D eigenvalue weighted by atomic mass is 32.1. The average Bonchev–Trinajstić information content (AvgIpc) is 2.11. The van der Waals surface area contributed by atoms with E-state index in [-0.39, 0.29) is 11.4 Å². The fourth-order valence-corrected chi connectivity index (χ4v) is 1.89. The Balaban J connectivity index is 2.61. The molecule has 1 aliphatic rings. The number of likely N-dealkylation sites (tertiary alicyclic amines) is 1. The lowest BCUT2D eigenvalue weighted by atomic mass is 9.89. The van der Waals surface area contributed by atoms with E-state index < -0.39 is 0 Å². The number of hydrogen-bond donors (Lipinski definition) is 0. The van der Waals surface area contributed by atoms with Crippen LogP contribution in [-0.2, 0) is 0 Å². The number of hydrogen-bond acceptors (Lipinski definition) is 1. The number of rotatable bonds is 3. The Kier molecular flexibility index (Phi) is 3.42. The second-order valence-corrected chi connectivity index (χ2v) is 5.51. The summed E-state index contributed by atoms with van der Waals surface area (Å²) in [5.41, 5.74) is 0.0221. The Morgan fingerprint density at radius 1 is 1.57 bits per heavy atom. The normalized spacial score (nSPS) is 28.3. The first-order valence-corrected chi connectivity index (χ1v) is 6.04. The van der Waals surface area contributed by atoms with Gasteiger partial charge in [0.1, 0.15) is 0 Å². The van der Waals surface area contributed by atoms with Gasteiger partial charge >= 0.3 is 0 Å². The van der Waals surface area contributed by atoms with Crippen molar-refractivity contribution in [3.8, 4) is 0 Å². The van der Waals surface area contributed by atoms with Gasteiger partial charge in [-0.15, -0.1) is 0 Å². The minimum atomic E-state index is -0.389. The van der Waals surface area contributed by atoms with Gasteiger partial charge in [-0.1, -0.05) is 52.8 Å². The molecule has 1 aliphatic heterocycles. The SMILES string of the molecule is [2H]C1(CCCC)CCN1C(=S)C(C)(C)C. The van der Waals surface area contributed by atoms with Gasteiger partial charge in [0.05, 0.1) is 6.36 Å². The van der Waals surface area contributed by atoms with E-state index in [0.717, 1.165) is 37.2 Å². The van der Waals surface area contributed by atoms with E-state index in [1.54, 1.807) is 0 Å². The van der Waals surface area contributed by atoms with Crippen LogP contribution in [0.2, 0.25) is 0 Å². The molecular weight excluding hydrogens is 190 g/mol. The third-order valence-electron chi connectivity index (χ3n) is 2.71. The Morgan fingerprint density at radius 2 is 2.21 bits per heavy atom. The third kappa shape index (κ3) is 2.69. The molecule has 0 amide bonds. The molecule has 1 rings (SSSR count). The van der Waals surface area contributed by atoms with Gasteiger partial charge in [-0.25, -0.2) is 0 Å². The van der Waals surface area contributed by atoms with Crippen molar-refractivity contribution in [2.24, 2.45) is 5.41 Å². The molecule has 0 bridgehead atoms. The van der Waals surface area contributed by atoms with Crippen LogP contribution in [0.25, 0.3) is 0 Å². The molecule has 0 radical (unpaired) electrons. The van der Waals surface area contributed by atoms with Crippen LogP contribution in [0.1, 0.15) is 54.7 Å². The van der Waals surface area contributed by atoms with Crippen LogP contribution in [-0.4, -0.2) is 22.5 Å². The minimum absolute atomic E-state index is 0.0221. The molecule has 1 heterocycles. The zero-order chi connectivity index (χ0) is 11.7. The van der Waals surface area contributed by atoms with Gasteiger partial charge < -0.3 is 4.90 Å². The summed E-state index contributed by atoms with van der Waals surface area (Å²) in [6.45, 7) is 9.55. The summed E-state index contributed by atoms with van der Waals surface area (Å²) in [5.74, 6) is 0. The summed E-state index contributed by atoms with van der Waals surface area (Å²) < 4.78 is 8.37. The van der Waals surface area contributed by atoms with Crippen LogP contribution in [0.4, 0.5) is 0 Å². The van der Waals surface area contributed by atoms with Gasteiger partial charge in [0.15, 0.2) is 0 Å². The second-order valence-electron chi connectivity index (χ2n) is 5.13. The van der Waals surface area contributed by atoms with Crippen LogP contribution in [0.3, 0.4) is 0 Å². The van der Waals surface area contributed by atoms with E-state index in [2.05, 4.69) is 32.6 Å². The highest BCUT2D eigenvalue weighted by Crippen LogP contribution is 2.29. The molecule has 0 saturated carbocycles. The summed E-state index contributed by atoms with van der Waals surface area (Å²) in [5, 5.41) is 0. The molecule has 14 heavy (non-hydrogen) atoms. The van der Waals surface area contributed by atoms with Gasteiger partial charge in [-0.2, -0.15) is 0 Å². The Bertz CT molecular complexity index is 246. The number of unbranched alkanes of at least 4 members (excludes halogenated alkanes) is 1. The van der Waals surface area contributed by atoms with Crippen LogP contribution >= 0.6 is 12.2 Å². The Hall–Kier alpha value is -0.110. The van der Waals surface area contributed by atoms with Gasteiger partial charge in [-0.05, 0) is 12.8 Å². The third-order valence-corrected chi connectivity index (χ3v) is 3.54. The zero-order valence-corrected chi connectivity index (χ0v) is 10.7. The van der Waals surface area contributed by atoms with E-state index in [1.807, 2.05) is 0 Å². The Labute approximate surface area is 95.3 Å². The van der Waals surface area contributed by atoms with E-state index in [0.29, 0.717) is 0 Å². The van der Waals surface area contributed by atoms with Crippen molar-refractivity contribution < 1.29 is 1.37 Å². The molecule has 1 atom stereocenters. The lowest BCUT2D eigenvalue weighted by Gasteiger charge is -2.46. The van der Waals surface area contributed by atoms with Crippen LogP contribution in [0, 0.1) is 5.41 Å². The maximum atomic E-state index is 8.37. The van der Waals surface area contributed by atoms with Crippen molar-refractivity contribution in [1.82, 2.24) is 4.90 Å². The molecule has 0 aromatic carbocycles. The van der Waals surface area contributed by atoms with Crippen molar-refractivity contribution >= 4 is 17.2 Å². The highest BCUT2D eigenvalue weighted by Gasteiger charge is 2.33. The van der Waals surface area contributed by atoms with E-state index in [9.17, 15) is 0 Å². The molecule has 1 unspecified atom stereocenters. The minimum Gasteiger partial charge on any atom is -0.363 e. The van der Waals surface area contributed by atoms with Gasteiger partial charge in [0.25, 0.3) is 0 Å². The monoisotopic (exact) mass is 214 g/mol. The molecule has 1 saturated heterocycles. The maximum Gasteiger partial charge on any atom is 0.0836 e. The molecule has 0 N–H and O–H groups in total. The Morgan fingerprint density at radius 3 is 2.57 bits per heavy atom. The predicted octanol–water partition coefficient (Wildman–Crippen LogP) is 3.62. The quantitative estimate of drug-likeness (QED) is 0.660. The van der Waals surface area contributed by atoms with E-state index >= 15 is 0 Å². The second kappa shape index (κ2) is 4.61. The lowest BCUT2D eigenvalue weighted by molar-refractivity contribution is 0.161. The van der Waals surface area contributed by atoms with E-state index in [4.69, 9.17) is 13.6 Å². The summed E-state index contributed by atoms with van der Waals surface area (Å²) >= 11 is 5.47. The molecule has 2 heteroatoms. The van der Waals surface area contributed by atoms with Crippen molar-refractivity contribution in [2.75, 3.05) is 6.54 Å². The summed E-state index contributed by atoms with van der Waals surface area (Å²) in [6.07, 6.45) is 4.23. The first kappa shape index (κ1) is 10.4. The predicted molar refractivity (Wildman–Crippen MR) is 66.7 cm³/mol. The van der Waals surface area contributed by atoms with Crippen LogP contribution in [0.5, 0.6) is 0 Å². The number of thiocarbonyl (C=S) groups is 1. The highest BCUT2D eigenvalue weighted by molar-refractivity contribution is 7.80. The molecule has 0 aromatic rings. The zero-order valence-electron chi connectivity index (χ0n) is 10.9. The van der Waals surface area contributed by atoms with Crippen molar-refractivity contribution in [2.45, 2.75) is 59.4 Å². The summed E-state index contributed by atoms with van der Waals surface area (Å²) in [6, 6.07) is -0.389. The molecule has 0 aromatic heterocycles. The van der Waals surface area contributed by atoms with Gasteiger partial charge in [0, 0.05) is 18.0 Å². The molecule has 0 aliphatic carbocycles. The standard InChI is InChI=1S/C12H23NS/c1-5-6-7-10-8-9-13(10)11(14)12(2,3)4/h10H,5-9H2,1-4H3/i10D.